The first-order valence-electron chi connectivity index (χ1n) is 8.77. The molecule has 0 aromatic rings. The number of nitrogens with zero attached hydrogens (tertiary/aromatic N) is 1. The SMILES string of the molecule is CC(C)[C@H](NC(=O)[C@@H]1CC[C@H]2C[C@@H]1CO2)C(=O)N1CCCC1. The number of amides is 2. The Hall–Kier alpha value is -1.10. The summed E-state index contributed by atoms with van der Waals surface area (Å²) in [4.78, 5) is 27.2. The fourth-order valence-electron chi connectivity index (χ4n) is 4.07. The molecular formula is C17H28N2O3. The minimum atomic E-state index is -0.384. The summed E-state index contributed by atoms with van der Waals surface area (Å²) in [7, 11) is 0. The quantitative estimate of drug-likeness (QED) is 0.857. The van der Waals surface area contributed by atoms with Gasteiger partial charge in [0.25, 0.3) is 0 Å². The molecule has 3 fully saturated rings. The van der Waals surface area contributed by atoms with E-state index in [1.54, 1.807) is 0 Å². The lowest BCUT2D eigenvalue weighted by atomic mass is 9.79. The van der Waals surface area contributed by atoms with Crippen molar-refractivity contribution >= 4 is 11.8 Å². The molecule has 2 aliphatic heterocycles. The summed E-state index contributed by atoms with van der Waals surface area (Å²) < 4.78 is 5.68. The predicted octanol–water partition coefficient (Wildman–Crippen LogP) is 1.56. The molecule has 2 saturated heterocycles. The highest BCUT2D eigenvalue weighted by atomic mass is 16.5. The molecule has 22 heavy (non-hydrogen) atoms. The second-order valence-corrected chi connectivity index (χ2v) is 7.40. The van der Waals surface area contributed by atoms with Gasteiger partial charge in [-0.25, -0.2) is 0 Å². The van der Waals surface area contributed by atoms with Gasteiger partial charge in [-0.1, -0.05) is 13.8 Å². The molecule has 4 atom stereocenters. The third-order valence-corrected chi connectivity index (χ3v) is 5.47. The van der Waals surface area contributed by atoms with Crippen LogP contribution >= 0.6 is 0 Å². The number of ether oxygens (including phenoxy) is 1. The molecule has 3 rings (SSSR count). The molecule has 1 N–H and O–H groups in total. The molecule has 1 saturated carbocycles. The summed E-state index contributed by atoms with van der Waals surface area (Å²) in [6.07, 6.45) is 5.39. The zero-order chi connectivity index (χ0) is 15.7. The van der Waals surface area contributed by atoms with Crippen molar-refractivity contribution in [1.82, 2.24) is 10.2 Å². The highest BCUT2D eigenvalue weighted by Gasteiger charge is 2.41. The Balaban J connectivity index is 1.62. The minimum absolute atomic E-state index is 0.0198. The van der Waals surface area contributed by atoms with Gasteiger partial charge in [0.1, 0.15) is 6.04 Å². The Morgan fingerprint density at radius 3 is 2.59 bits per heavy atom. The van der Waals surface area contributed by atoms with Crippen molar-refractivity contribution in [2.24, 2.45) is 17.8 Å². The summed E-state index contributed by atoms with van der Waals surface area (Å²) in [5.41, 5.74) is 0. The van der Waals surface area contributed by atoms with E-state index < -0.39 is 0 Å². The molecule has 0 aromatic heterocycles. The topological polar surface area (TPSA) is 58.6 Å². The van der Waals surface area contributed by atoms with Crippen molar-refractivity contribution in [1.29, 1.82) is 0 Å². The molecule has 124 valence electrons. The van der Waals surface area contributed by atoms with Crippen molar-refractivity contribution in [3.05, 3.63) is 0 Å². The van der Waals surface area contributed by atoms with E-state index in [4.69, 9.17) is 4.74 Å². The predicted molar refractivity (Wildman–Crippen MR) is 83.2 cm³/mol. The largest absolute Gasteiger partial charge is 0.378 e. The van der Waals surface area contributed by atoms with E-state index in [-0.39, 0.29) is 29.7 Å². The number of likely N-dealkylation sites (tertiary alicyclic amines) is 1. The van der Waals surface area contributed by atoms with Crippen LogP contribution < -0.4 is 5.32 Å². The maximum Gasteiger partial charge on any atom is 0.245 e. The molecule has 0 aromatic carbocycles. The molecule has 0 spiro atoms. The molecule has 1 aliphatic carbocycles. The van der Waals surface area contributed by atoms with E-state index in [0.717, 1.165) is 45.2 Å². The van der Waals surface area contributed by atoms with E-state index in [1.165, 1.54) is 0 Å². The second kappa shape index (κ2) is 6.57. The van der Waals surface area contributed by atoms with Gasteiger partial charge >= 0.3 is 0 Å². The third-order valence-electron chi connectivity index (χ3n) is 5.47. The van der Waals surface area contributed by atoms with Crippen LogP contribution in [-0.4, -0.2) is 48.6 Å². The summed E-state index contributed by atoms with van der Waals surface area (Å²) in [6.45, 7) is 6.39. The Labute approximate surface area is 132 Å². The van der Waals surface area contributed by atoms with E-state index in [2.05, 4.69) is 5.32 Å². The van der Waals surface area contributed by atoms with Crippen LogP contribution in [0.2, 0.25) is 0 Å². The minimum Gasteiger partial charge on any atom is -0.378 e. The molecule has 0 unspecified atom stereocenters. The van der Waals surface area contributed by atoms with Gasteiger partial charge in [0.2, 0.25) is 11.8 Å². The molecule has 2 bridgehead atoms. The monoisotopic (exact) mass is 308 g/mol. The highest BCUT2D eigenvalue weighted by Crippen LogP contribution is 2.37. The number of fused-ring (bicyclic) bond motifs is 2. The number of carbonyl (C=O) groups is 2. The Morgan fingerprint density at radius 2 is 1.91 bits per heavy atom. The van der Waals surface area contributed by atoms with E-state index in [1.807, 2.05) is 18.7 Å². The second-order valence-electron chi connectivity index (χ2n) is 7.40. The van der Waals surface area contributed by atoms with Gasteiger partial charge in [-0.05, 0) is 43.9 Å². The fraction of sp³-hybridized carbons (Fsp3) is 0.882. The van der Waals surface area contributed by atoms with Crippen LogP contribution in [0.3, 0.4) is 0 Å². The van der Waals surface area contributed by atoms with Crippen molar-refractivity contribution in [3.8, 4) is 0 Å². The summed E-state index contributed by atoms with van der Waals surface area (Å²) in [6, 6.07) is -0.384. The van der Waals surface area contributed by atoms with Crippen LogP contribution in [0.25, 0.3) is 0 Å². The lowest BCUT2D eigenvalue weighted by Gasteiger charge is -2.31. The normalized spacial score (nSPS) is 32.3. The van der Waals surface area contributed by atoms with Crippen LogP contribution in [0.5, 0.6) is 0 Å². The van der Waals surface area contributed by atoms with E-state index in [0.29, 0.717) is 18.6 Å². The van der Waals surface area contributed by atoms with Gasteiger partial charge in [0, 0.05) is 19.0 Å². The Kier molecular flexibility index (Phi) is 4.71. The zero-order valence-electron chi connectivity index (χ0n) is 13.7. The number of hydrogen-bond donors (Lipinski definition) is 1. The first kappa shape index (κ1) is 15.8. The molecule has 3 aliphatic rings. The number of carbonyl (C=O) groups excluding carboxylic acids is 2. The van der Waals surface area contributed by atoms with Gasteiger partial charge in [0.05, 0.1) is 12.7 Å². The van der Waals surface area contributed by atoms with Gasteiger partial charge in [-0.2, -0.15) is 0 Å². The first-order valence-corrected chi connectivity index (χ1v) is 8.77. The molecule has 2 heterocycles. The van der Waals surface area contributed by atoms with Crippen LogP contribution in [-0.2, 0) is 14.3 Å². The highest BCUT2D eigenvalue weighted by molar-refractivity contribution is 5.89. The van der Waals surface area contributed by atoms with Crippen LogP contribution in [0, 0.1) is 17.8 Å². The molecular weight excluding hydrogens is 280 g/mol. The first-order chi connectivity index (χ1) is 10.6. The third kappa shape index (κ3) is 3.14. The van der Waals surface area contributed by atoms with Crippen molar-refractivity contribution in [2.45, 2.75) is 58.1 Å². The van der Waals surface area contributed by atoms with Gasteiger partial charge < -0.3 is 15.0 Å². The van der Waals surface area contributed by atoms with E-state index >= 15 is 0 Å². The number of nitrogens with one attached hydrogen (secondary N) is 1. The van der Waals surface area contributed by atoms with E-state index in [9.17, 15) is 9.59 Å². The van der Waals surface area contributed by atoms with Crippen LogP contribution in [0.15, 0.2) is 0 Å². The van der Waals surface area contributed by atoms with Gasteiger partial charge in [-0.15, -0.1) is 0 Å². The average molecular weight is 308 g/mol. The lowest BCUT2D eigenvalue weighted by molar-refractivity contribution is -0.138. The molecule has 2 amide bonds. The van der Waals surface area contributed by atoms with Gasteiger partial charge in [0.15, 0.2) is 0 Å². The van der Waals surface area contributed by atoms with Crippen molar-refractivity contribution < 1.29 is 14.3 Å². The standard InChI is InChI=1S/C17H28N2O3/c1-11(2)15(17(21)19-7-3-4-8-19)18-16(20)14-6-5-13-9-12(14)10-22-13/h11-15H,3-10H2,1-2H3,(H,18,20)/t12-,13+,14-,15+/m1/s1. The summed E-state index contributed by atoms with van der Waals surface area (Å²) in [5, 5.41) is 3.06. The Morgan fingerprint density at radius 1 is 1.18 bits per heavy atom. The average Bonchev–Trinajstić information content (AvgIpc) is 3.14. The number of hydrogen-bond acceptors (Lipinski definition) is 3. The maximum atomic E-state index is 12.7. The zero-order valence-corrected chi connectivity index (χ0v) is 13.7. The van der Waals surface area contributed by atoms with Crippen molar-refractivity contribution in [2.75, 3.05) is 19.7 Å². The van der Waals surface area contributed by atoms with Crippen molar-refractivity contribution in [3.63, 3.8) is 0 Å². The Bertz CT molecular complexity index is 432. The summed E-state index contributed by atoms with van der Waals surface area (Å²) >= 11 is 0. The fourth-order valence-corrected chi connectivity index (χ4v) is 4.07. The van der Waals surface area contributed by atoms with Crippen LogP contribution in [0.4, 0.5) is 0 Å². The number of rotatable bonds is 4. The molecule has 5 nitrogen and oxygen atoms in total. The molecule has 5 heteroatoms. The summed E-state index contributed by atoms with van der Waals surface area (Å²) in [5.74, 6) is 0.630. The van der Waals surface area contributed by atoms with Gasteiger partial charge in [-0.3, -0.25) is 9.59 Å². The van der Waals surface area contributed by atoms with Crippen LogP contribution in [0.1, 0.15) is 46.0 Å². The maximum absolute atomic E-state index is 12.7. The lowest BCUT2D eigenvalue weighted by Crippen LogP contribution is -2.52. The molecule has 0 radical (unpaired) electrons. The smallest absolute Gasteiger partial charge is 0.245 e.